The molecule has 0 spiro atoms. The minimum absolute atomic E-state index is 0.0780. The third-order valence-corrected chi connectivity index (χ3v) is 14.1. The molecule has 0 saturated carbocycles. The van der Waals surface area contributed by atoms with E-state index in [0.717, 1.165) is 121 Å². The lowest BCUT2D eigenvalue weighted by Gasteiger charge is -2.41. The number of hydrogen-bond acceptors (Lipinski definition) is 17. The van der Waals surface area contributed by atoms with Gasteiger partial charge in [0.05, 0.1) is 43.9 Å². The highest BCUT2D eigenvalue weighted by molar-refractivity contribution is 6.66. The number of carbonyl (C=O) groups excluding carboxylic acids is 4. The van der Waals surface area contributed by atoms with Crippen molar-refractivity contribution in [2.45, 2.75) is 24.9 Å². The smallest absolute Gasteiger partial charge is 0.324 e. The van der Waals surface area contributed by atoms with Crippen LogP contribution in [0.15, 0.2) is 145 Å². The number of nitrogens with two attached hydrogens (primary N) is 1. The van der Waals surface area contributed by atoms with Crippen LogP contribution in [0.25, 0.3) is 0 Å². The third kappa shape index (κ3) is 14.0. The maximum absolute atomic E-state index is 12.7. The summed E-state index contributed by atoms with van der Waals surface area (Å²) in [5, 5.41) is 13.7. The number of anilines is 8. The summed E-state index contributed by atoms with van der Waals surface area (Å²) in [6.07, 6.45) is 10.8. The van der Waals surface area contributed by atoms with Gasteiger partial charge in [0.1, 0.15) is 23.0 Å². The first kappa shape index (κ1) is 55.2. The summed E-state index contributed by atoms with van der Waals surface area (Å²) in [5.41, 5.74) is 17.4. The van der Waals surface area contributed by atoms with E-state index in [1.54, 1.807) is 12.4 Å². The highest BCUT2D eigenvalue weighted by Gasteiger charge is 2.29. The number of pyridine rings is 4. The number of carbonyl (C=O) groups is 4. The number of halogens is 1. The van der Waals surface area contributed by atoms with Crippen molar-refractivity contribution in [1.82, 2.24) is 25.3 Å². The fraction of sp³-hybridized carbons (Fsp3) is 0.276. The molecule has 7 N–H and O–H groups in total. The maximum Gasteiger partial charge on any atom is 0.324 e. The van der Waals surface area contributed by atoms with Crippen LogP contribution in [0, 0.1) is 0 Å². The van der Waals surface area contributed by atoms with E-state index in [0.29, 0.717) is 62.5 Å². The summed E-state index contributed by atoms with van der Waals surface area (Å²) >= 11 is 4.71. The summed E-state index contributed by atoms with van der Waals surface area (Å²) in [4.78, 5) is 82.4. The summed E-state index contributed by atoms with van der Waals surface area (Å²) in [6, 6.07) is 26.4. The van der Waals surface area contributed by atoms with Gasteiger partial charge >= 0.3 is 12.1 Å². The number of allylic oxidation sites excluding steroid dienone is 1. The van der Waals surface area contributed by atoms with Crippen LogP contribution in [0.5, 0.6) is 0 Å². The second-order valence-electron chi connectivity index (χ2n) is 19.6. The molecule has 6 aromatic rings. The van der Waals surface area contributed by atoms with Crippen molar-refractivity contribution in [3.8, 4) is 0 Å². The fourth-order valence-electron chi connectivity index (χ4n) is 9.73. The number of amides is 5. The topological polar surface area (TPSA) is 262 Å². The van der Waals surface area contributed by atoms with Gasteiger partial charge in [0, 0.05) is 131 Å². The van der Waals surface area contributed by atoms with Gasteiger partial charge in [-0.2, -0.15) is 0 Å². The van der Waals surface area contributed by atoms with Crippen molar-refractivity contribution in [2.75, 3.05) is 120 Å². The van der Waals surface area contributed by atoms with Crippen molar-refractivity contribution in [3.05, 3.63) is 157 Å². The Kier molecular flexibility index (Phi) is 17.6. The second kappa shape index (κ2) is 25.8. The van der Waals surface area contributed by atoms with E-state index in [-0.39, 0.29) is 30.1 Å². The molecule has 10 heterocycles. The number of urea groups is 2. The lowest BCUT2D eigenvalue weighted by Crippen LogP contribution is -2.59. The Hall–Kier alpha value is -9.09. The van der Waals surface area contributed by atoms with Crippen LogP contribution >= 0.6 is 11.6 Å². The number of fused-ring (bicyclic) bond motifs is 2. The highest BCUT2D eigenvalue weighted by atomic mass is 35.5. The predicted molar refractivity (Wildman–Crippen MR) is 317 cm³/mol. The molecule has 0 unspecified atom stereocenters. The van der Waals surface area contributed by atoms with Gasteiger partial charge in [0.2, 0.25) is 11.1 Å². The van der Waals surface area contributed by atoms with E-state index < -0.39 is 5.24 Å². The number of nitrogens with one attached hydrogen (secondary N) is 5. The normalized spacial score (nSPS) is 16.2. The van der Waals surface area contributed by atoms with Crippen LogP contribution in [-0.2, 0) is 31.9 Å². The van der Waals surface area contributed by atoms with E-state index in [1.807, 2.05) is 97.3 Å². The monoisotopic (exact) mass is 1110 g/mol. The molecule has 6 aliphatic rings. The summed E-state index contributed by atoms with van der Waals surface area (Å²) < 4.78 is 11.0. The molecule has 5 amide bonds. The fourth-order valence-corrected chi connectivity index (χ4v) is 9.73. The summed E-state index contributed by atoms with van der Waals surface area (Å²) in [7, 11) is 0. The van der Waals surface area contributed by atoms with Gasteiger partial charge in [-0.15, -0.1) is 0 Å². The van der Waals surface area contributed by atoms with Gasteiger partial charge < -0.3 is 50.8 Å². The number of aliphatic imine (C=N–C) groups is 2. The molecule has 4 saturated heterocycles. The molecule has 4 fully saturated rings. The SMILES string of the molecule is C=CC(=O)Cl.C=CC(=O)NC1CN(c2ccnc(NC(=O)Nc3ccc(C4=Nc5c(ccnc5N5CCOCC5)C4)cc3)c2)C1.NC1CN(c2ccnc(NC(=O)Nc3ccc(C4=Nc5c(ccnc5N5CCOCC5)C4)cc3)c2)C1. The third-order valence-electron chi connectivity index (χ3n) is 13.9. The molecule has 0 bridgehead atoms. The van der Waals surface area contributed by atoms with Gasteiger partial charge in [0.25, 0.3) is 0 Å². The minimum atomic E-state index is -0.509. The molecule has 23 heteroatoms. The van der Waals surface area contributed by atoms with Crippen molar-refractivity contribution < 1.29 is 28.7 Å². The van der Waals surface area contributed by atoms with Crippen molar-refractivity contribution in [1.29, 1.82) is 0 Å². The molecule has 416 valence electrons. The summed E-state index contributed by atoms with van der Waals surface area (Å²) in [6.45, 7) is 15.6. The van der Waals surface area contributed by atoms with Crippen LogP contribution in [0.2, 0.25) is 0 Å². The molecule has 4 aromatic heterocycles. The largest absolute Gasteiger partial charge is 0.378 e. The predicted octanol–water partition coefficient (Wildman–Crippen LogP) is 6.84. The Morgan fingerprint density at radius 3 is 1.38 bits per heavy atom. The number of benzene rings is 2. The minimum Gasteiger partial charge on any atom is -0.378 e. The van der Waals surface area contributed by atoms with E-state index in [9.17, 15) is 19.2 Å². The molecule has 6 aliphatic heterocycles. The highest BCUT2D eigenvalue weighted by Crippen LogP contribution is 2.38. The zero-order chi connectivity index (χ0) is 56.2. The van der Waals surface area contributed by atoms with Gasteiger partial charge in [0.15, 0.2) is 11.6 Å². The van der Waals surface area contributed by atoms with E-state index in [1.165, 1.54) is 11.6 Å². The van der Waals surface area contributed by atoms with E-state index in [4.69, 9.17) is 36.8 Å². The maximum atomic E-state index is 12.7. The van der Waals surface area contributed by atoms with Crippen molar-refractivity contribution in [3.63, 3.8) is 0 Å². The standard InChI is InChI=1S/C29H30N8O3.C26H28N8O2.C3H3ClO/c1-2-26(38)32-22-17-37(18-22)23-8-10-30-25(16-23)35-29(39)33-21-5-3-19(4-6-21)24-15-20-7-9-31-28(27(20)34-24)36-11-13-40-14-12-36;27-19-15-34(16-19)21-6-8-28-23(14-21)32-26(35)30-20-3-1-17(2-4-20)22-13-18-5-7-29-25(24(18)31-22)33-9-11-36-12-10-33;1-2-3(4)5/h2-10,16,22H,1,11-15,17-18H2,(H,32,38)(H2,30,33,35,39);1-8,14,19H,9-13,15-16,27H2,(H2,28,30,32,35);2H,1H2. The Bertz CT molecular complexity index is 3360. The first-order valence-electron chi connectivity index (χ1n) is 26.5. The van der Waals surface area contributed by atoms with Crippen LogP contribution in [0.1, 0.15) is 22.3 Å². The second-order valence-corrected chi connectivity index (χ2v) is 19.9. The van der Waals surface area contributed by atoms with Crippen LogP contribution in [0.4, 0.5) is 67.0 Å². The first-order valence-corrected chi connectivity index (χ1v) is 26.9. The molecule has 0 radical (unpaired) electrons. The van der Waals surface area contributed by atoms with Crippen LogP contribution in [-0.4, -0.2) is 145 Å². The lowest BCUT2D eigenvalue weighted by atomic mass is 10.0. The number of nitrogens with zero attached hydrogens (tertiary/aromatic N) is 10. The number of morpholine rings is 2. The van der Waals surface area contributed by atoms with E-state index >= 15 is 0 Å². The molecular formula is C58H61ClN16O6. The van der Waals surface area contributed by atoms with Gasteiger partial charge in [-0.25, -0.2) is 39.5 Å². The average molecular weight is 1110 g/mol. The molecule has 2 aromatic carbocycles. The van der Waals surface area contributed by atoms with Crippen molar-refractivity contribution >= 4 is 104 Å². The molecule has 22 nitrogen and oxygen atoms in total. The van der Waals surface area contributed by atoms with E-state index in [2.05, 4.69) is 79.3 Å². The summed E-state index contributed by atoms with van der Waals surface area (Å²) in [5.74, 6) is 2.59. The molecular weight excluding hydrogens is 1050 g/mol. The Morgan fingerprint density at radius 2 is 0.975 bits per heavy atom. The Labute approximate surface area is 473 Å². The molecule has 0 aliphatic carbocycles. The molecule has 12 rings (SSSR count). The number of hydrogen-bond donors (Lipinski definition) is 6. The molecule has 0 atom stereocenters. The van der Waals surface area contributed by atoms with Crippen molar-refractivity contribution in [2.24, 2.45) is 15.7 Å². The Balaban J connectivity index is 0.000000169. The quantitative estimate of drug-likeness (QED) is 0.0511. The number of ether oxygens (including phenoxy) is 2. The van der Waals surface area contributed by atoms with Gasteiger partial charge in [-0.05, 0) is 94.5 Å². The number of aromatic nitrogens is 4. The first-order chi connectivity index (χ1) is 39.4. The average Bonchev–Trinajstić information content (AvgIpc) is 4.16. The lowest BCUT2D eigenvalue weighted by molar-refractivity contribution is -0.117. The van der Waals surface area contributed by atoms with Crippen LogP contribution in [0.3, 0.4) is 0 Å². The number of rotatable bonds is 13. The van der Waals surface area contributed by atoms with Crippen LogP contribution < -0.4 is 51.9 Å². The zero-order valence-corrected chi connectivity index (χ0v) is 45.1. The van der Waals surface area contributed by atoms with Gasteiger partial charge in [-0.1, -0.05) is 37.4 Å². The zero-order valence-electron chi connectivity index (χ0n) is 44.4. The van der Waals surface area contributed by atoms with Gasteiger partial charge in [-0.3, -0.25) is 20.2 Å². The Morgan fingerprint density at radius 1 is 0.556 bits per heavy atom. The molecule has 81 heavy (non-hydrogen) atoms.